The van der Waals surface area contributed by atoms with Crippen LogP contribution in [0.15, 0.2) is 91.3 Å². The molecule has 1 aromatic heterocycles. The van der Waals surface area contributed by atoms with Gasteiger partial charge in [-0.3, -0.25) is 9.48 Å². The summed E-state index contributed by atoms with van der Waals surface area (Å²) in [4.78, 5) is 15.4. The summed E-state index contributed by atoms with van der Waals surface area (Å²) in [6, 6.07) is 26.5. The largest absolute Gasteiger partial charge is 0.378 e. The number of nitrogens with zero attached hydrogens (tertiary/aromatic N) is 3. The number of amides is 1. The van der Waals surface area contributed by atoms with E-state index in [2.05, 4.69) is 51.7 Å². The number of carbonyl (C=O) groups excluding carboxylic acids is 1. The van der Waals surface area contributed by atoms with E-state index in [4.69, 9.17) is 4.74 Å². The molecule has 0 atom stereocenters. The Kier molecular flexibility index (Phi) is 6.68. The Labute approximate surface area is 199 Å². The predicted octanol–water partition coefficient (Wildman–Crippen LogP) is 4.37. The van der Waals surface area contributed by atoms with Crippen LogP contribution in [0.1, 0.15) is 21.5 Å². The van der Waals surface area contributed by atoms with Crippen molar-refractivity contribution >= 4 is 11.6 Å². The average Bonchev–Trinajstić information content (AvgIpc) is 3.41. The summed E-state index contributed by atoms with van der Waals surface area (Å²) in [7, 11) is 0. The smallest absolute Gasteiger partial charge is 0.253 e. The van der Waals surface area contributed by atoms with Gasteiger partial charge < -0.3 is 15.0 Å². The Bertz CT molecular complexity index is 1230. The van der Waals surface area contributed by atoms with Gasteiger partial charge in [0.15, 0.2) is 0 Å². The van der Waals surface area contributed by atoms with Crippen LogP contribution in [0, 0.1) is 0 Å². The third kappa shape index (κ3) is 5.02. The molecule has 0 aliphatic carbocycles. The predicted molar refractivity (Wildman–Crippen MR) is 134 cm³/mol. The fourth-order valence-electron chi connectivity index (χ4n) is 4.34. The number of hydrogen-bond acceptors (Lipinski definition) is 4. The number of ether oxygens (including phenoxy) is 1. The number of para-hydroxylation sites is 1. The van der Waals surface area contributed by atoms with Gasteiger partial charge in [0, 0.05) is 37.7 Å². The van der Waals surface area contributed by atoms with Crippen LogP contribution in [0.4, 0.5) is 5.69 Å². The van der Waals surface area contributed by atoms with Gasteiger partial charge in [-0.1, -0.05) is 60.7 Å². The van der Waals surface area contributed by atoms with E-state index in [1.807, 2.05) is 53.3 Å². The van der Waals surface area contributed by atoms with Crippen LogP contribution in [0.3, 0.4) is 0 Å². The molecule has 1 N–H and O–H groups in total. The average molecular weight is 453 g/mol. The molecule has 1 fully saturated rings. The summed E-state index contributed by atoms with van der Waals surface area (Å²) in [5.41, 5.74) is 6.18. The number of aromatic nitrogens is 2. The highest BCUT2D eigenvalue weighted by atomic mass is 16.5. The highest BCUT2D eigenvalue weighted by Crippen LogP contribution is 2.25. The van der Waals surface area contributed by atoms with Gasteiger partial charge in [0.1, 0.15) is 0 Å². The topological polar surface area (TPSA) is 59.4 Å². The lowest BCUT2D eigenvalue weighted by Gasteiger charge is -2.30. The molecule has 172 valence electrons. The maximum Gasteiger partial charge on any atom is 0.253 e. The van der Waals surface area contributed by atoms with Gasteiger partial charge in [-0.2, -0.15) is 5.10 Å². The molecule has 0 spiro atoms. The molecule has 1 amide bonds. The van der Waals surface area contributed by atoms with E-state index in [1.54, 1.807) is 6.20 Å². The van der Waals surface area contributed by atoms with E-state index >= 15 is 0 Å². The maximum absolute atomic E-state index is 13.1. The third-order valence-electron chi connectivity index (χ3n) is 6.13. The summed E-state index contributed by atoms with van der Waals surface area (Å²) < 4.78 is 7.38. The minimum Gasteiger partial charge on any atom is -0.378 e. The number of morpholine rings is 1. The molecule has 6 heteroatoms. The molecule has 1 aliphatic heterocycles. The Morgan fingerprint density at radius 1 is 0.912 bits per heavy atom. The molecule has 0 saturated carbocycles. The highest BCUT2D eigenvalue weighted by Gasteiger charge is 2.18. The molecule has 6 nitrogen and oxygen atoms in total. The summed E-state index contributed by atoms with van der Waals surface area (Å²) in [5, 5.41) is 7.41. The molecule has 1 aliphatic rings. The standard InChI is InChI=1S/C28H28N4O2/c33-28(26-8-3-4-9-27(26)31-16-18-34-19-17-31)29-20-24-6-1-2-7-25(24)23-12-10-22(11-13-23)21-32-15-5-14-30-32/h1-15H,16-21H2,(H,29,33). The van der Waals surface area contributed by atoms with Gasteiger partial charge in [-0.05, 0) is 40.5 Å². The van der Waals surface area contributed by atoms with Crippen LogP contribution < -0.4 is 10.2 Å². The van der Waals surface area contributed by atoms with Gasteiger partial charge in [0.2, 0.25) is 0 Å². The van der Waals surface area contributed by atoms with Crippen LogP contribution in [0.25, 0.3) is 11.1 Å². The molecule has 34 heavy (non-hydrogen) atoms. The van der Waals surface area contributed by atoms with Gasteiger partial charge >= 0.3 is 0 Å². The van der Waals surface area contributed by atoms with Crippen molar-refractivity contribution in [1.29, 1.82) is 0 Å². The first kappa shape index (κ1) is 21.9. The Morgan fingerprint density at radius 2 is 1.68 bits per heavy atom. The monoisotopic (exact) mass is 452 g/mol. The number of rotatable bonds is 7. The van der Waals surface area contributed by atoms with E-state index in [-0.39, 0.29) is 5.91 Å². The lowest BCUT2D eigenvalue weighted by molar-refractivity contribution is 0.0949. The van der Waals surface area contributed by atoms with Crippen molar-refractivity contribution in [2.45, 2.75) is 13.1 Å². The molecule has 1 saturated heterocycles. The van der Waals surface area contributed by atoms with Crippen LogP contribution in [0.2, 0.25) is 0 Å². The van der Waals surface area contributed by atoms with Crippen molar-refractivity contribution in [3.05, 3.63) is 108 Å². The summed E-state index contributed by atoms with van der Waals surface area (Å²) in [6.07, 6.45) is 3.75. The first-order valence-electron chi connectivity index (χ1n) is 11.6. The normalized spacial score (nSPS) is 13.6. The third-order valence-corrected chi connectivity index (χ3v) is 6.13. The minimum atomic E-state index is -0.0635. The van der Waals surface area contributed by atoms with Crippen LogP contribution in [0.5, 0.6) is 0 Å². The van der Waals surface area contributed by atoms with Gasteiger partial charge in [0.05, 0.1) is 25.3 Å². The van der Waals surface area contributed by atoms with Crippen LogP contribution >= 0.6 is 0 Å². The molecule has 0 radical (unpaired) electrons. The Balaban J connectivity index is 1.30. The van der Waals surface area contributed by atoms with Crippen LogP contribution in [-0.2, 0) is 17.8 Å². The molecule has 5 rings (SSSR count). The first-order chi connectivity index (χ1) is 16.8. The fourth-order valence-corrected chi connectivity index (χ4v) is 4.34. The lowest BCUT2D eigenvalue weighted by Crippen LogP contribution is -2.37. The highest BCUT2D eigenvalue weighted by molar-refractivity contribution is 5.99. The van der Waals surface area contributed by atoms with Crippen molar-refractivity contribution < 1.29 is 9.53 Å². The first-order valence-corrected chi connectivity index (χ1v) is 11.6. The molecule has 0 bridgehead atoms. The van der Waals surface area contributed by atoms with E-state index in [0.29, 0.717) is 25.3 Å². The number of hydrogen-bond donors (Lipinski definition) is 1. The number of carbonyl (C=O) groups is 1. The second-order valence-corrected chi connectivity index (χ2v) is 8.36. The molecule has 2 heterocycles. The molecule has 0 unspecified atom stereocenters. The SMILES string of the molecule is O=C(NCc1ccccc1-c1ccc(Cn2cccn2)cc1)c1ccccc1N1CCOCC1. The van der Waals surface area contributed by atoms with Crippen molar-refractivity contribution in [2.75, 3.05) is 31.2 Å². The minimum absolute atomic E-state index is 0.0635. The summed E-state index contributed by atoms with van der Waals surface area (Å²) in [6.45, 7) is 4.16. The van der Waals surface area contributed by atoms with Crippen molar-refractivity contribution in [3.8, 4) is 11.1 Å². The zero-order chi connectivity index (χ0) is 23.2. The Hall–Kier alpha value is -3.90. The van der Waals surface area contributed by atoms with Gasteiger partial charge in [0.25, 0.3) is 5.91 Å². The number of nitrogens with one attached hydrogen (secondary N) is 1. The number of anilines is 1. The van der Waals surface area contributed by atoms with E-state index in [1.165, 1.54) is 5.56 Å². The van der Waals surface area contributed by atoms with Crippen LogP contribution in [-0.4, -0.2) is 42.0 Å². The maximum atomic E-state index is 13.1. The molecule has 4 aromatic rings. The second kappa shape index (κ2) is 10.4. The van der Waals surface area contributed by atoms with Crippen molar-refractivity contribution in [2.24, 2.45) is 0 Å². The quantitative estimate of drug-likeness (QED) is 0.453. The summed E-state index contributed by atoms with van der Waals surface area (Å²) >= 11 is 0. The second-order valence-electron chi connectivity index (χ2n) is 8.36. The number of benzene rings is 3. The lowest BCUT2D eigenvalue weighted by atomic mass is 9.98. The molecular formula is C28H28N4O2. The van der Waals surface area contributed by atoms with E-state index in [9.17, 15) is 4.79 Å². The fraction of sp³-hybridized carbons (Fsp3) is 0.214. The van der Waals surface area contributed by atoms with E-state index in [0.717, 1.165) is 42.0 Å². The van der Waals surface area contributed by atoms with E-state index < -0.39 is 0 Å². The summed E-state index contributed by atoms with van der Waals surface area (Å²) in [5.74, 6) is -0.0635. The zero-order valence-corrected chi connectivity index (χ0v) is 19.1. The van der Waals surface area contributed by atoms with Crippen molar-refractivity contribution in [1.82, 2.24) is 15.1 Å². The van der Waals surface area contributed by atoms with Gasteiger partial charge in [-0.25, -0.2) is 0 Å². The molecule has 3 aromatic carbocycles. The van der Waals surface area contributed by atoms with Gasteiger partial charge in [-0.15, -0.1) is 0 Å². The zero-order valence-electron chi connectivity index (χ0n) is 19.1. The molecular weight excluding hydrogens is 424 g/mol. The Morgan fingerprint density at radius 3 is 2.47 bits per heavy atom. The van der Waals surface area contributed by atoms with Crippen molar-refractivity contribution in [3.63, 3.8) is 0 Å².